The molecule has 0 aliphatic rings. The average Bonchev–Trinajstić information content (AvgIpc) is 2.47. The number of nitrogens with zero attached hydrogens (tertiary/aromatic N) is 1. The van der Waals surface area contributed by atoms with Crippen molar-refractivity contribution < 1.29 is 9.90 Å². The zero-order valence-corrected chi connectivity index (χ0v) is 8.09. The number of nitrogens with one attached hydrogen (secondary N) is 1. The van der Waals surface area contributed by atoms with Crippen LogP contribution in [0.2, 0.25) is 5.15 Å². The number of aromatic amines is 1. The Morgan fingerprint density at radius 3 is 3.00 bits per heavy atom. The lowest BCUT2D eigenvalue weighted by Gasteiger charge is -1.97. The summed E-state index contributed by atoms with van der Waals surface area (Å²) < 4.78 is 0. The molecular formula is C9H7ClN2O2. The maximum Gasteiger partial charge on any atom is 0.337 e. The summed E-state index contributed by atoms with van der Waals surface area (Å²) in [6.07, 6.45) is 1.44. The van der Waals surface area contributed by atoms with E-state index < -0.39 is 5.97 Å². The van der Waals surface area contributed by atoms with E-state index in [-0.39, 0.29) is 5.56 Å². The van der Waals surface area contributed by atoms with E-state index in [2.05, 4.69) is 9.97 Å². The Balaban J connectivity index is 2.85. The maximum absolute atomic E-state index is 10.8. The molecule has 0 saturated carbocycles. The highest BCUT2D eigenvalue weighted by atomic mass is 35.5. The van der Waals surface area contributed by atoms with Crippen molar-refractivity contribution in [3.8, 4) is 0 Å². The van der Waals surface area contributed by atoms with E-state index in [9.17, 15) is 4.79 Å². The van der Waals surface area contributed by atoms with Crippen LogP contribution in [0.3, 0.4) is 0 Å². The highest BCUT2D eigenvalue weighted by molar-refractivity contribution is 6.30. The molecule has 0 radical (unpaired) electrons. The first-order chi connectivity index (χ1) is 6.59. The molecule has 0 saturated heterocycles. The van der Waals surface area contributed by atoms with E-state index >= 15 is 0 Å². The third-order valence-corrected chi connectivity index (χ3v) is 2.24. The molecule has 2 rings (SSSR count). The van der Waals surface area contributed by atoms with E-state index in [1.807, 2.05) is 0 Å². The van der Waals surface area contributed by atoms with Gasteiger partial charge in [0.05, 0.1) is 16.8 Å². The van der Waals surface area contributed by atoms with Gasteiger partial charge in [-0.15, -0.1) is 0 Å². The summed E-state index contributed by atoms with van der Waals surface area (Å²) in [4.78, 5) is 17.7. The van der Waals surface area contributed by atoms with Gasteiger partial charge in [-0.25, -0.2) is 9.78 Å². The van der Waals surface area contributed by atoms with Crippen LogP contribution >= 0.6 is 11.6 Å². The molecule has 4 nitrogen and oxygen atoms in total. The maximum atomic E-state index is 10.8. The Morgan fingerprint density at radius 2 is 2.36 bits per heavy atom. The normalized spacial score (nSPS) is 10.7. The number of pyridine rings is 1. The standard InChI is InChI=1S/C9H7ClN2O2/c1-4-8-5(2-7(10)12-4)6(3-11-8)9(13)14/h2-3,11H,1H3,(H,13,14). The molecule has 0 fully saturated rings. The van der Waals surface area contributed by atoms with Crippen LogP contribution in [-0.2, 0) is 0 Å². The van der Waals surface area contributed by atoms with Crippen LogP contribution < -0.4 is 0 Å². The summed E-state index contributed by atoms with van der Waals surface area (Å²) in [5.74, 6) is -0.974. The van der Waals surface area contributed by atoms with E-state index in [0.29, 0.717) is 21.7 Å². The lowest BCUT2D eigenvalue weighted by Crippen LogP contribution is -1.94. The van der Waals surface area contributed by atoms with Gasteiger partial charge in [-0.3, -0.25) is 0 Å². The number of aryl methyl sites for hydroxylation is 1. The van der Waals surface area contributed by atoms with E-state index in [4.69, 9.17) is 16.7 Å². The molecule has 72 valence electrons. The van der Waals surface area contributed by atoms with Gasteiger partial charge in [0, 0.05) is 11.6 Å². The summed E-state index contributed by atoms with van der Waals surface area (Å²) in [6, 6.07) is 1.55. The highest BCUT2D eigenvalue weighted by Gasteiger charge is 2.12. The number of hydrogen-bond acceptors (Lipinski definition) is 2. The molecule has 0 atom stereocenters. The van der Waals surface area contributed by atoms with Crippen molar-refractivity contribution in [2.45, 2.75) is 6.92 Å². The molecule has 0 spiro atoms. The Morgan fingerprint density at radius 1 is 1.64 bits per heavy atom. The predicted octanol–water partition coefficient (Wildman–Crippen LogP) is 2.22. The van der Waals surface area contributed by atoms with Crippen LogP contribution in [0, 0.1) is 6.92 Å². The fraction of sp³-hybridized carbons (Fsp3) is 0.111. The Labute approximate surface area is 84.5 Å². The second kappa shape index (κ2) is 2.99. The van der Waals surface area contributed by atoms with Gasteiger partial charge < -0.3 is 10.1 Å². The zero-order chi connectivity index (χ0) is 10.3. The van der Waals surface area contributed by atoms with Crippen molar-refractivity contribution in [2.24, 2.45) is 0 Å². The summed E-state index contributed by atoms with van der Waals surface area (Å²) in [6.45, 7) is 1.77. The smallest absolute Gasteiger partial charge is 0.337 e. The van der Waals surface area contributed by atoms with Crippen molar-refractivity contribution in [3.05, 3.63) is 28.7 Å². The van der Waals surface area contributed by atoms with Crippen molar-refractivity contribution in [3.63, 3.8) is 0 Å². The first-order valence-corrected chi connectivity index (χ1v) is 4.35. The molecule has 0 aliphatic carbocycles. The lowest BCUT2D eigenvalue weighted by molar-refractivity contribution is 0.0699. The van der Waals surface area contributed by atoms with E-state index in [1.165, 1.54) is 6.20 Å². The highest BCUT2D eigenvalue weighted by Crippen LogP contribution is 2.23. The van der Waals surface area contributed by atoms with Crippen molar-refractivity contribution in [1.29, 1.82) is 0 Å². The van der Waals surface area contributed by atoms with Gasteiger partial charge in [0.15, 0.2) is 0 Å². The molecule has 2 N–H and O–H groups in total. The number of H-pyrrole nitrogens is 1. The molecule has 14 heavy (non-hydrogen) atoms. The fourth-order valence-electron chi connectivity index (χ4n) is 1.43. The second-order valence-electron chi connectivity index (χ2n) is 2.96. The number of carbonyl (C=O) groups is 1. The third-order valence-electron chi connectivity index (χ3n) is 2.05. The van der Waals surface area contributed by atoms with Gasteiger partial charge in [-0.1, -0.05) is 11.6 Å². The number of halogens is 1. The fourth-order valence-corrected chi connectivity index (χ4v) is 1.66. The Bertz CT molecular complexity index is 519. The monoisotopic (exact) mass is 210 g/mol. The van der Waals surface area contributed by atoms with E-state index in [0.717, 1.165) is 0 Å². The summed E-state index contributed by atoms with van der Waals surface area (Å²) >= 11 is 5.74. The van der Waals surface area contributed by atoms with Gasteiger partial charge in [0.25, 0.3) is 0 Å². The molecule has 2 aromatic heterocycles. The third kappa shape index (κ3) is 1.24. The van der Waals surface area contributed by atoms with Crippen LogP contribution in [0.15, 0.2) is 12.3 Å². The molecule has 0 aromatic carbocycles. The molecule has 0 aliphatic heterocycles. The number of rotatable bonds is 1. The number of aromatic carboxylic acids is 1. The minimum Gasteiger partial charge on any atom is -0.478 e. The Kier molecular flexibility index (Phi) is 1.93. The molecule has 0 amide bonds. The van der Waals surface area contributed by atoms with Gasteiger partial charge >= 0.3 is 5.97 Å². The second-order valence-corrected chi connectivity index (χ2v) is 3.35. The number of carboxylic acids is 1. The number of aromatic nitrogens is 2. The minimum atomic E-state index is -0.974. The van der Waals surface area contributed by atoms with Crippen molar-refractivity contribution in [1.82, 2.24) is 9.97 Å². The van der Waals surface area contributed by atoms with Crippen LogP contribution in [0.1, 0.15) is 16.1 Å². The SMILES string of the molecule is Cc1nc(Cl)cc2c(C(=O)O)c[nH]c12. The van der Waals surface area contributed by atoms with E-state index in [1.54, 1.807) is 13.0 Å². The van der Waals surface area contributed by atoms with Crippen molar-refractivity contribution >= 4 is 28.5 Å². The average molecular weight is 211 g/mol. The van der Waals surface area contributed by atoms with Crippen LogP contribution in [0.5, 0.6) is 0 Å². The molecule has 5 heteroatoms. The first-order valence-electron chi connectivity index (χ1n) is 3.97. The van der Waals surface area contributed by atoms with Crippen LogP contribution in [0.4, 0.5) is 0 Å². The van der Waals surface area contributed by atoms with Gasteiger partial charge in [0.2, 0.25) is 0 Å². The first kappa shape index (κ1) is 9.02. The summed E-state index contributed by atoms with van der Waals surface area (Å²) in [5, 5.41) is 9.77. The largest absolute Gasteiger partial charge is 0.478 e. The minimum absolute atomic E-state index is 0.215. The number of hydrogen-bond donors (Lipinski definition) is 2. The summed E-state index contributed by atoms with van der Waals surface area (Å²) in [5.41, 5.74) is 1.62. The predicted molar refractivity (Wildman–Crippen MR) is 52.8 cm³/mol. The van der Waals surface area contributed by atoms with Gasteiger partial charge in [0.1, 0.15) is 5.15 Å². The summed E-state index contributed by atoms with van der Waals surface area (Å²) in [7, 11) is 0. The quantitative estimate of drug-likeness (QED) is 0.710. The molecular weight excluding hydrogens is 204 g/mol. The lowest BCUT2D eigenvalue weighted by atomic mass is 10.2. The topological polar surface area (TPSA) is 66.0 Å². The zero-order valence-electron chi connectivity index (χ0n) is 7.34. The Hall–Kier alpha value is -1.55. The van der Waals surface area contributed by atoms with Crippen molar-refractivity contribution in [2.75, 3.05) is 0 Å². The van der Waals surface area contributed by atoms with Crippen LogP contribution in [-0.4, -0.2) is 21.0 Å². The molecule has 0 bridgehead atoms. The molecule has 0 unspecified atom stereocenters. The molecule has 2 heterocycles. The van der Waals surface area contributed by atoms with Gasteiger partial charge in [-0.05, 0) is 13.0 Å². The van der Waals surface area contributed by atoms with Gasteiger partial charge in [-0.2, -0.15) is 0 Å². The number of fused-ring (bicyclic) bond motifs is 1. The molecule has 2 aromatic rings. The van der Waals surface area contributed by atoms with Crippen LogP contribution in [0.25, 0.3) is 10.9 Å². The number of carboxylic acid groups (broad SMARTS) is 1.